The molecule has 1 heterocycles. The van der Waals surface area contributed by atoms with Gasteiger partial charge < -0.3 is 10.5 Å². The lowest BCUT2D eigenvalue weighted by Crippen LogP contribution is -2.35. The molecule has 0 saturated carbocycles. The highest BCUT2D eigenvalue weighted by Gasteiger charge is 2.25. The van der Waals surface area contributed by atoms with Crippen LogP contribution < -0.4 is 5.73 Å². The second-order valence-electron chi connectivity index (χ2n) is 5.05. The summed E-state index contributed by atoms with van der Waals surface area (Å²) >= 11 is 3.26. The molecule has 0 aromatic heterocycles. The smallest absolute Gasteiger partial charge is 0.242 e. The number of nitrogen functional groups attached to an aromatic ring is 1. The number of nitrogens with two attached hydrogens (primary N) is 1. The van der Waals surface area contributed by atoms with Crippen LogP contribution in [0.25, 0.3) is 0 Å². The standard InChI is InChI=1S/C13H19BrN2O3S/c1-16(8-10-3-2-6-19-9-10)20(17,18)11-4-5-12(14)13(15)7-11/h4-5,7,10H,2-3,6,8-9,15H2,1H3. The van der Waals surface area contributed by atoms with E-state index in [1.807, 2.05) is 0 Å². The molecule has 0 bridgehead atoms. The molecule has 2 N–H and O–H groups in total. The second kappa shape index (κ2) is 6.43. The van der Waals surface area contributed by atoms with E-state index in [2.05, 4.69) is 15.9 Å². The average molecular weight is 363 g/mol. The largest absolute Gasteiger partial charge is 0.398 e. The SMILES string of the molecule is CN(CC1CCCOC1)S(=O)(=O)c1ccc(Br)c(N)c1. The van der Waals surface area contributed by atoms with Crippen LogP contribution >= 0.6 is 15.9 Å². The van der Waals surface area contributed by atoms with E-state index in [9.17, 15) is 8.42 Å². The Balaban J connectivity index is 2.13. The zero-order valence-corrected chi connectivity index (χ0v) is 13.8. The van der Waals surface area contributed by atoms with Crippen LogP contribution in [0.5, 0.6) is 0 Å². The van der Waals surface area contributed by atoms with Gasteiger partial charge in [-0.2, -0.15) is 0 Å². The highest BCUT2D eigenvalue weighted by Crippen LogP contribution is 2.25. The van der Waals surface area contributed by atoms with Crippen LogP contribution in [0.3, 0.4) is 0 Å². The highest BCUT2D eigenvalue weighted by atomic mass is 79.9. The number of hydrogen-bond donors (Lipinski definition) is 1. The molecule has 0 radical (unpaired) electrons. The Bertz CT molecular complexity index is 571. The van der Waals surface area contributed by atoms with E-state index >= 15 is 0 Å². The van der Waals surface area contributed by atoms with Crippen molar-refractivity contribution in [3.63, 3.8) is 0 Å². The van der Waals surface area contributed by atoms with Crippen molar-refractivity contribution < 1.29 is 13.2 Å². The number of benzene rings is 1. The quantitative estimate of drug-likeness (QED) is 0.832. The van der Waals surface area contributed by atoms with Crippen LogP contribution in [-0.2, 0) is 14.8 Å². The molecule has 1 aromatic rings. The monoisotopic (exact) mass is 362 g/mol. The lowest BCUT2D eigenvalue weighted by molar-refractivity contribution is 0.0495. The van der Waals surface area contributed by atoms with Crippen LogP contribution in [0.4, 0.5) is 5.69 Å². The Morgan fingerprint density at radius 1 is 1.50 bits per heavy atom. The van der Waals surface area contributed by atoms with Crippen molar-refractivity contribution in [3.8, 4) is 0 Å². The topological polar surface area (TPSA) is 72.6 Å². The van der Waals surface area contributed by atoms with Gasteiger partial charge in [0.25, 0.3) is 0 Å². The minimum absolute atomic E-state index is 0.220. The maximum Gasteiger partial charge on any atom is 0.242 e. The zero-order chi connectivity index (χ0) is 14.8. The fourth-order valence-corrected chi connectivity index (χ4v) is 3.80. The molecule has 1 aliphatic heterocycles. The third-order valence-corrected chi connectivity index (χ3v) is 5.99. The second-order valence-corrected chi connectivity index (χ2v) is 7.95. The molecular weight excluding hydrogens is 344 g/mol. The number of ether oxygens (including phenoxy) is 1. The van der Waals surface area contributed by atoms with Crippen molar-refractivity contribution in [3.05, 3.63) is 22.7 Å². The molecule has 1 unspecified atom stereocenters. The van der Waals surface area contributed by atoms with E-state index in [1.165, 1.54) is 10.4 Å². The van der Waals surface area contributed by atoms with Gasteiger partial charge >= 0.3 is 0 Å². The first-order valence-corrected chi connectivity index (χ1v) is 8.73. The van der Waals surface area contributed by atoms with Crippen LogP contribution in [-0.4, -0.2) is 39.5 Å². The molecular formula is C13H19BrN2O3S. The van der Waals surface area contributed by atoms with Gasteiger partial charge in [-0.1, -0.05) is 0 Å². The van der Waals surface area contributed by atoms with Crippen LogP contribution in [0, 0.1) is 5.92 Å². The van der Waals surface area contributed by atoms with Crippen LogP contribution in [0.2, 0.25) is 0 Å². The van der Waals surface area contributed by atoms with Gasteiger partial charge in [0.1, 0.15) is 0 Å². The van der Waals surface area contributed by atoms with E-state index in [-0.39, 0.29) is 10.8 Å². The third-order valence-electron chi connectivity index (χ3n) is 3.45. The molecule has 1 aromatic carbocycles. The summed E-state index contributed by atoms with van der Waals surface area (Å²) in [6.07, 6.45) is 1.99. The van der Waals surface area contributed by atoms with Gasteiger partial charge in [-0.05, 0) is 52.9 Å². The van der Waals surface area contributed by atoms with Gasteiger partial charge in [-0.15, -0.1) is 0 Å². The summed E-state index contributed by atoms with van der Waals surface area (Å²) in [4.78, 5) is 0.220. The summed E-state index contributed by atoms with van der Waals surface area (Å²) in [7, 11) is -1.90. The molecule has 0 amide bonds. The molecule has 0 spiro atoms. The van der Waals surface area contributed by atoms with E-state index in [0.717, 1.165) is 19.4 Å². The van der Waals surface area contributed by atoms with Crippen molar-refractivity contribution in [2.45, 2.75) is 17.7 Å². The van der Waals surface area contributed by atoms with Gasteiger partial charge in [-0.25, -0.2) is 12.7 Å². The number of halogens is 1. The molecule has 1 saturated heterocycles. The number of nitrogens with zero attached hydrogens (tertiary/aromatic N) is 1. The molecule has 2 rings (SSSR count). The summed E-state index contributed by atoms with van der Waals surface area (Å²) in [5, 5.41) is 0. The zero-order valence-electron chi connectivity index (χ0n) is 11.4. The van der Waals surface area contributed by atoms with Crippen molar-refractivity contribution in [2.75, 3.05) is 32.5 Å². The van der Waals surface area contributed by atoms with Gasteiger partial charge in [0, 0.05) is 30.4 Å². The number of rotatable bonds is 4. The predicted molar refractivity (Wildman–Crippen MR) is 81.9 cm³/mol. The van der Waals surface area contributed by atoms with Crippen LogP contribution in [0.1, 0.15) is 12.8 Å². The normalized spacial score (nSPS) is 20.2. The van der Waals surface area contributed by atoms with Gasteiger partial charge in [0.15, 0.2) is 0 Å². The number of sulfonamides is 1. The van der Waals surface area contributed by atoms with Gasteiger partial charge in [0.2, 0.25) is 10.0 Å². The first-order valence-electron chi connectivity index (χ1n) is 6.50. The average Bonchev–Trinajstić information content (AvgIpc) is 2.42. The van der Waals surface area contributed by atoms with Gasteiger partial charge in [0.05, 0.1) is 11.5 Å². The lowest BCUT2D eigenvalue weighted by Gasteiger charge is -2.26. The number of hydrogen-bond acceptors (Lipinski definition) is 4. The summed E-state index contributed by atoms with van der Waals surface area (Å²) in [5.41, 5.74) is 6.17. The van der Waals surface area contributed by atoms with Crippen molar-refractivity contribution in [1.29, 1.82) is 0 Å². The van der Waals surface area contributed by atoms with E-state index in [4.69, 9.17) is 10.5 Å². The Kier molecular flexibility index (Phi) is 5.06. The fourth-order valence-electron chi connectivity index (χ4n) is 2.28. The Morgan fingerprint density at radius 2 is 2.25 bits per heavy atom. The summed E-state index contributed by atoms with van der Waals surface area (Å²) in [5.74, 6) is 0.260. The number of anilines is 1. The molecule has 20 heavy (non-hydrogen) atoms. The molecule has 0 aliphatic carbocycles. The molecule has 1 atom stereocenters. The van der Waals surface area contributed by atoms with E-state index in [0.29, 0.717) is 23.3 Å². The predicted octanol–water partition coefficient (Wildman–Crippen LogP) is 2.08. The third kappa shape index (κ3) is 3.52. The molecule has 7 heteroatoms. The maximum atomic E-state index is 12.5. The Morgan fingerprint density at radius 3 is 2.85 bits per heavy atom. The minimum atomic E-state index is -3.50. The summed E-state index contributed by atoms with van der Waals surface area (Å²) < 4.78 is 32.4. The lowest BCUT2D eigenvalue weighted by atomic mass is 10.0. The van der Waals surface area contributed by atoms with Crippen LogP contribution in [0.15, 0.2) is 27.6 Å². The van der Waals surface area contributed by atoms with E-state index < -0.39 is 10.0 Å². The minimum Gasteiger partial charge on any atom is -0.398 e. The molecule has 5 nitrogen and oxygen atoms in total. The Hall–Kier alpha value is -0.630. The van der Waals surface area contributed by atoms with Gasteiger partial charge in [-0.3, -0.25) is 0 Å². The fraction of sp³-hybridized carbons (Fsp3) is 0.538. The highest BCUT2D eigenvalue weighted by molar-refractivity contribution is 9.10. The van der Waals surface area contributed by atoms with Crippen molar-refractivity contribution >= 4 is 31.6 Å². The van der Waals surface area contributed by atoms with E-state index in [1.54, 1.807) is 19.2 Å². The molecule has 1 fully saturated rings. The first kappa shape index (κ1) is 15.8. The molecule has 1 aliphatic rings. The maximum absolute atomic E-state index is 12.5. The first-order chi connectivity index (χ1) is 9.41. The Labute approximate surface area is 128 Å². The summed E-state index contributed by atoms with van der Waals surface area (Å²) in [6, 6.07) is 4.69. The summed E-state index contributed by atoms with van der Waals surface area (Å²) in [6.45, 7) is 1.87. The van der Waals surface area contributed by atoms with Crippen molar-refractivity contribution in [2.24, 2.45) is 5.92 Å². The van der Waals surface area contributed by atoms with Crippen molar-refractivity contribution in [1.82, 2.24) is 4.31 Å². The molecule has 112 valence electrons.